The Morgan fingerprint density at radius 1 is 1.00 bits per heavy atom. The van der Waals surface area contributed by atoms with Gasteiger partial charge in [-0.05, 0) is 35.2 Å². The number of methoxy groups -OCH3 is 2. The summed E-state index contributed by atoms with van der Waals surface area (Å²) >= 11 is 7.45. The van der Waals surface area contributed by atoms with Gasteiger partial charge in [-0.3, -0.25) is 0 Å². The summed E-state index contributed by atoms with van der Waals surface area (Å²) in [6, 6.07) is 12.4. The van der Waals surface area contributed by atoms with Crippen molar-refractivity contribution >= 4 is 31.9 Å². The quantitative estimate of drug-likeness (QED) is 0.601. The molecule has 0 heterocycles. The van der Waals surface area contributed by atoms with Crippen LogP contribution >= 0.6 is 31.9 Å². The molecule has 0 aliphatic rings. The number of alkyl halides is 1. The summed E-state index contributed by atoms with van der Waals surface area (Å²) in [6.07, 6.45) is 1.00. The first-order valence-corrected chi connectivity index (χ1v) is 8.46. The Morgan fingerprint density at radius 2 is 1.62 bits per heavy atom. The van der Waals surface area contributed by atoms with E-state index in [1.165, 1.54) is 11.1 Å². The summed E-state index contributed by atoms with van der Waals surface area (Å²) in [5.41, 5.74) is 3.72. The normalized spacial score (nSPS) is 12.0. The van der Waals surface area contributed by atoms with Crippen molar-refractivity contribution in [2.75, 3.05) is 14.2 Å². The maximum Gasteiger partial charge on any atom is 0.161 e. The molecular formula is C17H18Br2O2. The van der Waals surface area contributed by atoms with Crippen LogP contribution in [0.4, 0.5) is 0 Å². The third-order valence-corrected chi connectivity index (χ3v) is 5.16. The highest BCUT2D eigenvalue weighted by Crippen LogP contribution is 2.42. The van der Waals surface area contributed by atoms with E-state index in [1.54, 1.807) is 14.2 Å². The lowest BCUT2D eigenvalue weighted by molar-refractivity contribution is 0.354. The smallest absolute Gasteiger partial charge is 0.161 e. The van der Waals surface area contributed by atoms with Gasteiger partial charge in [-0.25, -0.2) is 0 Å². The van der Waals surface area contributed by atoms with Gasteiger partial charge in [0.05, 0.1) is 19.0 Å². The molecule has 0 aliphatic carbocycles. The van der Waals surface area contributed by atoms with Crippen molar-refractivity contribution in [1.29, 1.82) is 0 Å². The molecule has 0 bridgehead atoms. The Bertz CT molecular complexity index is 626. The highest BCUT2D eigenvalue weighted by atomic mass is 79.9. The fourth-order valence-corrected chi connectivity index (χ4v) is 4.02. The number of rotatable bonds is 5. The number of aryl methyl sites for hydroxylation is 1. The third-order valence-electron chi connectivity index (χ3n) is 3.48. The van der Waals surface area contributed by atoms with Crippen molar-refractivity contribution in [2.24, 2.45) is 0 Å². The van der Waals surface area contributed by atoms with Crippen molar-refractivity contribution in [2.45, 2.75) is 18.2 Å². The fourth-order valence-electron chi connectivity index (χ4n) is 2.34. The second-order valence-electron chi connectivity index (χ2n) is 4.64. The van der Waals surface area contributed by atoms with Crippen LogP contribution in [-0.4, -0.2) is 14.2 Å². The van der Waals surface area contributed by atoms with Crippen molar-refractivity contribution in [3.63, 3.8) is 0 Å². The van der Waals surface area contributed by atoms with E-state index in [4.69, 9.17) is 9.47 Å². The zero-order chi connectivity index (χ0) is 15.4. The predicted octanol–water partition coefficient (Wildman–Crippen LogP) is 5.51. The molecular weight excluding hydrogens is 396 g/mol. The zero-order valence-electron chi connectivity index (χ0n) is 12.3. The molecule has 2 aromatic carbocycles. The summed E-state index contributed by atoms with van der Waals surface area (Å²) in [7, 11) is 3.29. The molecule has 0 saturated carbocycles. The van der Waals surface area contributed by atoms with Gasteiger partial charge in [-0.1, -0.05) is 63.0 Å². The van der Waals surface area contributed by atoms with Crippen LogP contribution in [0.2, 0.25) is 0 Å². The molecule has 0 amide bonds. The Hall–Kier alpha value is -1.00. The Kier molecular flexibility index (Phi) is 5.71. The second-order valence-corrected chi connectivity index (χ2v) is 6.41. The summed E-state index contributed by atoms with van der Waals surface area (Å²) in [5.74, 6) is 1.45. The summed E-state index contributed by atoms with van der Waals surface area (Å²) in [4.78, 5) is 0.0998. The van der Waals surface area contributed by atoms with E-state index in [-0.39, 0.29) is 4.83 Å². The highest BCUT2D eigenvalue weighted by molar-refractivity contribution is 9.11. The van der Waals surface area contributed by atoms with Gasteiger partial charge < -0.3 is 9.47 Å². The molecule has 1 unspecified atom stereocenters. The van der Waals surface area contributed by atoms with Gasteiger partial charge in [0.25, 0.3) is 0 Å². The van der Waals surface area contributed by atoms with Crippen LogP contribution in [0, 0.1) is 0 Å². The van der Waals surface area contributed by atoms with Crippen molar-refractivity contribution in [3.05, 3.63) is 57.6 Å². The molecule has 112 valence electrons. The van der Waals surface area contributed by atoms with E-state index in [1.807, 2.05) is 12.1 Å². The predicted molar refractivity (Wildman–Crippen MR) is 93.8 cm³/mol. The fraction of sp³-hybridized carbons (Fsp3) is 0.294. The summed E-state index contributed by atoms with van der Waals surface area (Å²) in [6.45, 7) is 2.17. The van der Waals surface area contributed by atoms with Crippen LogP contribution in [-0.2, 0) is 6.42 Å². The highest BCUT2D eigenvalue weighted by Gasteiger charge is 2.19. The minimum absolute atomic E-state index is 0.0998. The van der Waals surface area contributed by atoms with Gasteiger partial charge in [0.2, 0.25) is 0 Å². The molecule has 0 N–H and O–H groups in total. The summed E-state index contributed by atoms with van der Waals surface area (Å²) in [5, 5.41) is 0. The molecule has 4 heteroatoms. The molecule has 1 atom stereocenters. The largest absolute Gasteiger partial charge is 0.493 e. The maximum absolute atomic E-state index is 5.41. The van der Waals surface area contributed by atoms with Gasteiger partial charge >= 0.3 is 0 Å². The first-order chi connectivity index (χ1) is 10.1. The molecule has 0 spiro atoms. The Balaban J connectivity index is 2.50. The van der Waals surface area contributed by atoms with Crippen LogP contribution in [0.15, 0.2) is 40.9 Å². The zero-order valence-corrected chi connectivity index (χ0v) is 15.5. The number of halogens is 2. The van der Waals surface area contributed by atoms with E-state index in [0.29, 0.717) is 0 Å². The van der Waals surface area contributed by atoms with E-state index in [2.05, 4.69) is 63.0 Å². The van der Waals surface area contributed by atoms with E-state index in [0.717, 1.165) is 28.0 Å². The van der Waals surface area contributed by atoms with Crippen molar-refractivity contribution in [1.82, 2.24) is 0 Å². The molecule has 0 aromatic heterocycles. The molecule has 2 nitrogen and oxygen atoms in total. The van der Waals surface area contributed by atoms with Gasteiger partial charge in [-0.2, -0.15) is 0 Å². The molecule has 0 saturated heterocycles. The standard InChI is InChI=1S/C17H18Br2O2/c1-4-11-7-5-6-8-12(11)17(19)13-9-15(20-2)16(21-3)10-14(13)18/h5-10,17H,4H2,1-3H3. The van der Waals surface area contributed by atoms with Crippen LogP contribution in [0.5, 0.6) is 11.5 Å². The van der Waals surface area contributed by atoms with Gasteiger partial charge in [0.1, 0.15) is 0 Å². The number of hydrogen-bond donors (Lipinski definition) is 0. The average Bonchev–Trinajstić information content (AvgIpc) is 2.53. The first-order valence-electron chi connectivity index (χ1n) is 6.75. The minimum Gasteiger partial charge on any atom is -0.493 e. The molecule has 0 radical (unpaired) electrons. The van der Waals surface area contributed by atoms with Crippen LogP contribution in [0.25, 0.3) is 0 Å². The Morgan fingerprint density at radius 3 is 2.24 bits per heavy atom. The average molecular weight is 414 g/mol. The first kappa shape index (κ1) is 16.4. The number of hydrogen-bond acceptors (Lipinski definition) is 2. The number of benzene rings is 2. The van der Waals surface area contributed by atoms with E-state index >= 15 is 0 Å². The van der Waals surface area contributed by atoms with Crippen molar-refractivity contribution in [3.8, 4) is 11.5 Å². The SMILES string of the molecule is CCc1ccccc1C(Br)c1cc(OC)c(OC)cc1Br. The second kappa shape index (κ2) is 7.32. The van der Waals surface area contributed by atoms with Crippen LogP contribution in [0.3, 0.4) is 0 Å². The molecule has 2 aromatic rings. The number of ether oxygens (including phenoxy) is 2. The minimum atomic E-state index is 0.0998. The lowest BCUT2D eigenvalue weighted by Crippen LogP contribution is -2.00. The lowest BCUT2D eigenvalue weighted by Gasteiger charge is -2.18. The lowest BCUT2D eigenvalue weighted by atomic mass is 9.98. The molecule has 0 fully saturated rings. The topological polar surface area (TPSA) is 18.5 Å². The van der Waals surface area contributed by atoms with E-state index < -0.39 is 0 Å². The molecule has 0 aliphatic heterocycles. The van der Waals surface area contributed by atoms with E-state index in [9.17, 15) is 0 Å². The Labute approximate surface area is 142 Å². The van der Waals surface area contributed by atoms with Gasteiger partial charge in [0.15, 0.2) is 11.5 Å². The summed E-state index contributed by atoms with van der Waals surface area (Å²) < 4.78 is 11.7. The van der Waals surface area contributed by atoms with Gasteiger partial charge in [0, 0.05) is 4.47 Å². The molecule has 2 rings (SSSR count). The monoisotopic (exact) mass is 412 g/mol. The van der Waals surface area contributed by atoms with Crippen LogP contribution in [0.1, 0.15) is 28.4 Å². The molecule has 21 heavy (non-hydrogen) atoms. The maximum atomic E-state index is 5.41. The van der Waals surface area contributed by atoms with Crippen LogP contribution < -0.4 is 9.47 Å². The van der Waals surface area contributed by atoms with Crippen molar-refractivity contribution < 1.29 is 9.47 Å². The third kappa shape index (κ3) is 3.43. The van der Waals surface area contributed by atoms with Gasteiger partial charge in [-0.15, -0.1) is 0 Å².